The second-order valence-electron chi connectivity index (χ2n) is 5.72. The zero-order chi connectivity index (χ0) is 18.5. The van der Waals surface area contributed by atoms with E-state index in [2.05, 4.69) is 15.5 Å². The van der Waals surface area contributed by atoms with Gasteiger partial charge >= 0.3 is 0 Å². The molecule has 0 bridgehead atoms. The van der Waals surface area contributed by atoms with Crippen LogP contribution in [0.2, 0.25) is 0 Å². The Labute approximate surface area is 154 Å². The summed E-state index contributed by atoms with van der Waals surface area (Å²) >= 11 is 1.48. The van der Waals surface area contributed by atoms with Crippen LogP contribution in [0.25, 0.3) is 16.3 Å². The van der Waals surface area contributed by atoms with Crippen molar-refractivity contribution < 1.29 is 4.79 Å². The summed E-state index contributed by atoms with van der Waals surface area (Å²) in [6.07, 6.45) is 6.49. The Morgan fingerprint density at radius 1 is 1.31 bits per heavy atom. The molecule has 0 saturated heterocycles. The quantitative estimate of drug-likeness (QED) is 0.557. The van der Waals surface area contributed by atoms with Crippen LogP contribution in [0.5, 0.6) is 0 Å². The second kappa shape index (κ2) is 7.88. The molecule has 2 aromatic heterocycles. The van der Waals surface area contributed by atoms with Gasteiger partial charge in [-0.25, -0.2) is 10.4 Å². The molecule has 7 heteroatoms. The highest BCUT2D eigenvalue weighted by Crippen LogP contribution is 2.25. The number of aryl methyl sites for hydroxylation is 2. The normalized spacial score (nSPS) is 11.6. The Bertz CT molecular complexity index is 1050. The lowest BCUT2D eigenvalue weighted by Gasteiger charge is -2.04. The van der Waals surface area contributed by atoms with Gasteiger partial charge in [-0.1, -0.05) is 36.4 Å². The number of carbonyl (C=O) groups excluding carboxylic acids is 1. The third-order valence-electron chi connectivity index (χ3n) is 3.91. The summed E-state index contributed by atoms with van der Waals surface area (Å²) in [5.41, 5.74) is 4.16. The molecule has 0 saturated carbocycles. The van der Waals surface area contributed by atoms with Gasteiger partial charge in [0, 0.05) is 11.1 Å². The molecule has 132 valence electrons. The van der Waals surface area contributed by atoms with Crippen LogP contribution < -0.4 is 11.0 Å². The molecule has 1 aromatic carbocycles. The minimum absolute atomic E-state index is 0.129. The first kappa shape index (κ1) is 17.8. The van der Waals surface area contributed by atoms with E-state index in [4.69, 9.17) is 0 Å². The first-order chi connectivity index (χ1) is 12.6. The van der Waals surface area contributed by atoms with E-state index in [1.165, 1.54) is 28.4 Å². The third kappa shape index (κ3) is 3.94. The highest BCUT2D eigenvalue weighted by molar-refractivity contribution is 7.18. The van der Waals surface area contributed by atoms with E-state index < -0.39 is 0 Å². The molecule has 2 heterocycles. The van der Waals surface area contributed by atoms with Crippen molar-refractivity contribution in [3.63, 3.8) is 0 Å². The Hall–Kier alpha value is -3.06. The smallest absolute Gasteiger partial charge is 0.262 e. The molecule has 0 aliphatic carbocycles. The van der Waals surface area contributed by atoms with E-state index in [0.717, 1.165) is 16.0 Å². The number of allylic oxidation sites excluding steroid dienone is 1. The van der Waals surface area contributed by atoms with Crippen LogP contribution in [0, 0.1) is 13.8 Å². The van der Waals surface area contributed by atoms with Gasteiger partial charge in [0.15, 0.2) is 0 Å². The Kier molecular flexibility index (Phi) is 5.38. The van der Waals surface area contributed by atoms with Gasteiger partial charge < -0.3 is 0 Å². The molecule has 0 spiro atoms. The molecule has 0 aliphatic rings. The van der Waals surface area contributed by atoms with Gasteiger partial charge in [0.05, 0.1) is 11.7 Å². The summed E-state index contributed by atoms with van der Waals surface area (Å²) in [6.45, 7) is 3.72. The minimum Gasteiger partial charge on any atom is -0.289 e. The van der Waals surface area contributed by atoms with Crippen LogP contribution in [-0.2, 0) is 11.3 Å². The molecule has 0 unspecified atom stereocenters. The lowest BCUT2D eigenvalue weighted by Crippen LogP contribution is -2.30. The standard InChI is InChI=1S/C19H18N4O2S/c1-13-14(2)26-18-17(13)19(25)23(12-20-18)11-16(24)22-21-10-6-9-15-7-4-3-5-8-15/h3-10,12H,11H2,1-2H3,(H,22,24). The van der Waals surface area contributed by atoms with Crippen molar-refractivity contribution in [1.29, 1.82) is 0 Å². The van der Waals surface area contributed by atoms with Crippen molar-refractivity contribution in [3.8, 4) is 0 Å². The van der Waals surface area contributed by atoms with Gasteiger partial charge in [-0.3, -0.25) is 14.2 Å². The molecule has 1 N–H and O–H groups in total. The highest BCUT2D eigenvalue weighted by atomic mass is 32.1. The molecule has 0 aliphatic heterocycles. The highest BCUT2D eigenvalue weighted by Gasteiger charge is 2.13. The van der Waals surface area contributed by atoms with E-state index in [9.17, 15) is 9.59 Å². The average molecular weight is 366 g/mol. The van der Waals surface area contributed by atoms with E-state index in [1.54, 1.807) is 6.08 Å². The molecule has 0 atom stereocenters. The molecule has 0 radical (unpaired) electrons. The number of aromatic nitrogens is 2. The molecule has 3 aromatic rings. The summed E-state index contributed by atoms with van der Waals surface area (Å²) in [7, 11) is 0. The molecule has 0 fully saturated rings. The van der Waals surface area contributed by atoms with Gasteiger partial charge in [0.25, 0.3) is 11.5 Å². The molecule has 1 amide bonds. The summed E-state index contributed by atoms with van der Waals surface area (Å²) in [5.74, 6) is -0.387. The first-order valence-corrected chi connectivity index (χ1v) is 8.86. The fraction of sp³-hybridized carbons (Fsp3) is 0.158. The number of hydrazone groups is 1. The van der Waals surface area contributed by atoms with Crippen molar-refractivity contribution in [2.75, 3.05) is 0 Å². The van der Waals surface area contributed by atoms with E-state index >= 15 is 0 Å². The lowest BCUT2D eigenvalue weighted by molar-refractivity contribution is -0.121. The minimum atomic E-state index is -0.387. The molecule has 3 rings (SSSR count). The zero-order valence-electron chi connectivity index (χ0n) is 14.5. The zero-order valence-corrected chi connectivity index (χ0v) is 15.3. The maximum Gasteiger partial charge on any atom is 0.262 e. The number of benzene rings is 1. The van der Waals surface area contributed by atoms with Gasteiger partial charge in [0.2, 0.25) is 0 Å². The summed E-state index contributed by atoms with van der Waals surface area (Å²) in [6, 6.07) is 9.76. The Morgan fingerprint density at radius 3 is 2.85 bits per heavy atom. The van der Waals surface area contributed by atoms with Crippen LogP contribution in [0.3, 0.4) is 0 Å². The number of carbonyl (C=O) groups is 1. The monoisotopic (exact) mass is 366 g/mol. The van der Waals surface area contributed by atoms with Crippen LogP contribution in [0.1, 0.15) is 16.0 Å². The molecule has 6 nitrogen and oxygen atoms in total. The predicted octanol–water partition coefficient (Wildman–Crippen LogP) is 2.89. The lowest BCUT2D eigenvalue weighted by atomic mass is 10.2. The number of rotatable bonds is 5. The Balaban J connectivity index is 1.63. The SMILES string of the molecule is Cc1sc2ncn(CC(=O)NN=CC=Cc3ccccc3)c(=O)c2c1C. The number of nitrogens with zero attached hydrogens (tertiary/aromatic N) is 3. The van der Waals surface area contributed by atoms with Crippen LogP contribution in [0.15, 0.2) is 52.6 Å². The van der Waals surface area contributed by atoms with Gasteiger partial charge in [-0.15, -0.1) is 11.3 Å². The van der Waals surface area contributed by atoms with Gasteiger partial charge in [-0.05, 0) is 31.1 Å². The third-order valence-corrected chi connectivity index (χ3v) is 5.02. The number of thiophene rings is 1. The van der Waals surface area contributed by atoms with Crippen molar-refractivity contribution in [1.82, 2.24) is 15.0 Å². The summed E-state index contributed by atoms with van der Waals surface area (Å²) in [4.78, 5) is 30.6. The number of hydrogen-bond acceptors (Lipinski definition) is 5. The van der Waals surface area contributed by atoms with Crippen molar-refractivity contribution in [3.05, 3.63) is 69.1 Å². The molecule has 26 heavy (non-hydrogen) atoms. The number of amides is 1. The number of fused-ring (bicyclic) bond motifs is 1. The van der Waals surface area contributed by atoms with Gasteiger partial charge in [0.1, 0.15) is 11.4 Å². The first-order valence-electron chi connectivity index (χ1n) is 8.05. The largest absolute Gasteiger partial charge is 0.289 e. The fourth-order valence-corrected chi connectivity index (χ4v) is 3.43. The topological polar surface area (TPSA) is 76.3 Å². The van der Waals surface area contributed by atoms with E-state index in [1.807, 2.05) is 50.3 Å². The fourth-order valence-electron chi connectivity index (χ4n) is 2.44. The summed E-state index contributed by atoms with van der Waals surface area (Å²) < 4.78 is 1.30. The molecular weight excluding hydrogens is 348 g/mol. The van der Waals surface area contributed by atoms with Crippen LogP contribution >= 0.6 is 11.3 Å². The van der Waals surface area contributed by atoms with Crippen LogP contribution in [0.4, 0.5) is 0 Å². The number of nitrogens with one attached hydrogen (secondary N) is 1. The van der Waals surface area contributed by atoms with Crippen molar-refractivity contribution in [2.24, 2.45) is 5.10 Å². The van der Waals surface area contributed by atoms with Crippen molar-refractivity contribution >= 4 is 39.8 Å². The van der Waals surface area contributed by atoms with Gasteiger partial charge in [-0.2, -0.15) is 5.10 Å². The van der Waals surface area contributed by atoms with E-state index in [-0.39, 0.29) is 18.0 Å². The van der Waals surface area contributed by atoms with Crippen molar-refractivity contribution in [2.45, 2.75) is 20.4 Å². The molecular formula is C19H18N4O2S. The average Bonchev–Trinajstić information content (AvgIpc) is 2.93. The maximum absolute atomic E-state index is 12.5. The Morgan fingerprint density at radius 2 is 2.08 bits per heavy atom. The van der Waals surface area contributed by atoms with Crippen LogP contribution in [-0.4, -0.2) is 21.7 Å². The maximum atomic E-state index is 12.5. The summed E-state index contributed by atoms with van der Waals surface area (Å²) in [5, 5.41) is 4.43. The number of hydrogen-bond donors (Lipinski definition) is 1. The van der Waals surface area contributed by atoms with E-state index in [0.29, 0.717) is 10.2 Å². The predicted molar refractivity (Wildman–Crippen MR) is 105 cm³/mol. The second-order valence-corrected chi connectivity index (χ2v) is 6.93.